The van der Waals surface area contributed by atoms with Gasteiger partial charge in [0.25, 0.3) is 0 Å². The first-order chi connectivity index (χ1) is 12.5. The quantitative estimate of drug-likeness (QED) is 0.789. The summed E-state index contributed by atoms with van der Waals surface area (Å²) in [5.41, 5.74) is 3.70. The molecular formula is C22H35ClN3O-. The second kappa shape index (κ2) is 10.4. The summed E-state index contributed by atoms with van der Waals surface area (Å²) in [5.74, 6) is 0.143. The van der Waals surface area contributed by atoms with Crippen molar-refractivity contribution >= 4 is 5.91 Å². The summed E-state index contributed by atoms with van der Waals surface area (Å²) in [6.45, 7) is 11.1. The van der Waals surface area contributed by atoms with Crippen molar-refractivity contribution < 1.29 is 17.2 Å². The molecule has 1 aliphatic heterocycles. The Morgan fingerprint density at radius 1 is 1.11 bits per heavy atom. The molecule has 27 heavy (non-hydrogen) atoms. The Morgan fingerprint density at radius 3 is 2.44 bits per heavy atom. The van der Waals surface area contributed by atoms with E-state index in [0.29, 0.717) is 6.54 Å². The van der Waals surface area contributed by atoms with Gasteiger partial charge in [-0.25, -0.2) is 0 Å². The number of carbonyl (C=O) groups excluding carboxylic acids is 1. The molecule has 0 bridgehead atoms. The lowest BCUT2D eigenvalue weighted by Crippen LogP contribution is -3.00. The highest BCUT2D eigenvalue weighted by Gasteiger charge is 2.26. The van der Waals surface area contributed by atoms with Gasteiger partial charge in [-0.3, -0.25) is 14.6 Å². The smallest absolute Gasteiger partial charge is 0.234 e. The van der Waals surface area contributed by atoms with Crippen molar-refractivity contribution in [3.05, 3.63) is 34.9 Å². The summed E-state index contributed by atoms with van der Waals surface area (Å²) in [6, 6.07) is 7.30. The van der Waals surface area contributed by atoms with Crippen molar-refractivity contribution in [3.8, 4) is 0 Å². The van der Waals surface area contributed by atoms with E-state index in [1.54, 1.807) is 0 Å². The predicted octanol–water partition coefficient (Wildman–Crippen LogP) is 0.435. The Balaban J connectivity index is 0.00000261. The number of piperazine rings is 1. The van der Waals surface area contributed by atoms with Crippen molar-refractivity contribution in [1.29, 1.82) is 0 Å². The third-order valence-electron chi connectivity index (χ3n) is 6.14. The Labute approximate surface area is 171 Å². The molecule has 1 N–H and O–H groups in total. The molecule has 1 amide bonds. The van der Waals surface area contributed by atoms with Crippen LogP contribution in [0.4, 0.5) is 0 Å². The van der Waals surface area contributed by atoms with Crippen molar-refractivity contribution in [3.63, 3.8) is 0 Å². The number of amides is 1. The van der Waals surface area contributed by atoms with Gasteiger partial charge in [-0.1, -0.05) is 43.0 Å². The topological polar surface area (TPSA) is 35.6 Å². The highest BCUT2D eigenvalue weighted by molar-refractivity contribution is 5.78. The number of hydrogen-bond donors (Lipinski definition) is 1. The zero-order chi connectivity index (χ0) is 18.5. The molecule has 1 heterocycles. The van der Waals surface area contributed by atoms with Crippen LogP contribution in [0, 0.1) is 13.8 Å². The van der Waals surface area contributed by atoms with Gasteiger partial charge in [0.15, 0.2) is 0 Å². The van der Waals surface area contributed by atoms with Gasteiger partial charge < -0.3 is 17.7 Å². The van der Waals surface area contributed by atoms with E-state index in [2.05, 4.69) is 54.1 Å². The molecular weight excluding hydrogens is 358 g/mol. The van der Waals surface area contributed by atoms with Crippen LogP contribution in [-0.2, 0) is 4.79 Å². The molecule has 1 atom stereocenters. The zero-order valence-corrected chi connectivity index (χ0v) is 17.9. The number of aryl methyl sites for hydroxylation is 2. The average molecular weight is 393 g/mol. The van der Waals surface area contributed by atoms with E-state index in [0.717, 1.165) is 32.2 Å². The van der Waals surface area contributed by atoms with E-state index in [-0.39, 0.29) is 24.4 Å². The van der Waals surface area contributed by atoms with Crippen molar-refractivity contribution in [2.45, 2.75) is 65.0 Å². The Kier molecular flexibility index (Phi) is 8.59. The van der Waals surface area contributed by atoms with Crippen molar-refractivity contribution in [2.24, 2.45) is 0 Å². The number of carbonyl (C=O) groups is 1. The molecule has 2 aliphatic rings. The van der Waals surface area contributed by atoms with Gasteiger partial charge >= 0.3 is 0 Å². The predicted molar refractivity (Wildman–Crippen MR) is 107 cm³/mol. The van der Waals surface area contributed by atoms with Crippen LogP contribution in [0.1, 0.15) is 61.8 Å². The highest BCUT2D eigenvalue weighted by atomic mass is 35.5. The fraction of sp³-hybridized carbons (Fsp3) is 0.682. The summed E-state index contributed by atoms with van der Waals surface area (Å²) in [6.07, 6.45) is 6.93. The van der Waals surface area contributed by atoms with Gasteiger partial charge in [0, 0.05) is 32.2 Å². The first kappa shape index (κ1) is 22.2. The molecule has 3 rings (SSSR count). The van der Waals surface area contributed by atoms with Crippen LogP contribution >= 0.6 is 0 Å². The minimum Gasteiger partial charge on any atom is -1.00 e. The molecule has 0 aromatic heterocycles. The Bertz CT molecular complexity index is 608. The van der Waals surface area contributed by atoms with Gasteiger partial charge in [-0.2, -0.15) is 0 Å². The van der Waals surface area contributed by atoms with Gasteiger partial charge in [0.05, 0.1) is 12.6 Å². The second-order valence-electron chi connectivity index (χ2n) is 8.25. The molecule has 0 spiro atoms. The van der Waals surface area contributed by atoms with E-state index in [9.17, 15) is 4.79 Å². The van der Waals surface area contributed by atoms with Gasteiger partial charge in [0.2, 0.25) is 5.91 Å². The summed E-state index contributed by atoms with van der Waals surface area (Å²) < 4.78 is 0. The lowest BCUT2D eigenvalue weighted by Gasteiger charge is -2.40. The molecule has 5 heteroatoms. The molecule has 1 aliphatic carbocycles. The van der Waals surface area contributed by atoms with Crippen molar-refractivity contribution in [1.82, 2.24) is 15.1 Å². The van der Waals surface area contributed by atoms with Crippen molar-refractivity contribution in [2.75, 3.05) is 32.7 Å². The standard InChI is InChI=1S/C22H35N3O.ClH/c1-17-9-10-18(2)21(15-17)19(3)23-22(26)16-24-11-13-25(14-12-24)20-7-5-4-6-8-20;/h9-10,15,19-20H,4-8,11-14,16H2,1-3H3,(H,23,26);1H/p-1. The molecule has 1 aromatic carbocycles. The van der Waals surface area contributed by atoms with E-state index in [4.69, 9.17) is 0 Å². The number of nitrogens with one attached hydrogen (secondary N) is 1. The van der Waals surface area contributed by atoms with E-state index in [1.807, 2.05) is 0 Å². The maximum Gasteiger partial charge on any atom is 0.234 e. The van der Waals surface area contributed by atoms with Crippen LogP contribution in [-0.4, -0.2) is 54.5 Å². The minimum absolute atomic E-state index is 0. The molecule has 2 fully saturated rings. The minimum atomic E-state index is 0. The van der Waals surface area contributed by atoms with E-state index >= 15 is 0 Å². The van der Waals surface area contributed by atoms with E-state index < -0.39 is 0 Å². The van der Waals surface area contributed by atoms with Crippen LogP contribution in [0.3, 0.4) is 0 Å². The zero-order valence-electron chi connectivity index (χ0n) is 17.1. The third-order valence-corrected chi connectivity index (χ3v) is 6.14. The Morgan fingerprint density at radius 2 is 1.78 bits per heavy atom. The number of benzene rings is 1. The first-order valence-corrected chi connectivity index (χ1v) is 10.4. The highest BCUT2D eigenvalue weighted by Crippen LogP contribution is 2.23. The monoisotopic (exact) mass is 392 g/mol. The SMILES string of the molecule is Cc1ccc(C)c(C(C)NC(=O)CN2CCN(C3CCCCC3)CC2)c1.[Cl-]. The maximum absolute atomic E-state index is 12.5. The van der Waals surface area contributed by atoms with Crippen LogP contribution < -0.4 is 17.7 Å². The second-order valence-corrected chi connectivity index (χ2v) is 8.25. The lowest BCUT2D eigenvalue weighted by molar-refractivity contribution is -0.123. The lowest BCUT2D eigenvalue weighted by atomic mass is 9.94. The molecule has 1 aromatic rings. The van der Waals surface area contributed by atoms with Gasteiger partial charge in [-0.15, -0.1) is 0 Å². The molecule has 152 valence electrons. The van der Waals surface area contributed by atoms with Crippen LogP contribution in [0.25, 0.3) is 0 Å². The molecule has 4 nitrogen and oxygen atoms in total. The van der Waals surface area contributed by atoms with Crippen LogP contribution in [0.2, 0.25) is 0 Å². The average Bonchev–Trinajstić information content (AvgIpc) is 2.65. The Hall–Kier alpha value is -1.10. The number of hydrogen-bond acceptors (Lipinski definition) is 3. The van der Waals surface area contributed by atoms with E-state index in [1.165, 1.54) is 48.8 Å². The molecule has 1 unspecified atom stereocenters. The largest absolute Gasteiger partial charge is 1.00 e. The molecule has 1 saturated carbocycles. The van der Waals surface area contributed by atoms with Crippen LogP contribution in [0.5, 0.6) is 0 Å². The van der Waals surface area contributed by atoms with Gasteiger partial charge in [-0.05, 0) is 44.7 Å². The number of nitrogens with zero attached hydrogens (tertiary/aromatic N) is 2. The summed E-state index contributed by atoms with van der Waals surface area (Å²) in [4.78, 5) is 17.5. The molecule has 1 saturated heterocycles. The summed E-state index contributed by atoms with van der Waals surface area (Å²) in [7, 11) is 0. The summed E-state index contributed by atoms with van der Waals surface area (Å²) >= 11 is 0. The van der Waals surface area contributed by atoms with Crippen LogP contribution in [0.15, 0.2) is 18.2 Å². The fourth-order valence-corrected chi connectivity index (χ4v) is 4.53. The fourth-order valence-electron chi connectivity index (χ4n) is 4.53. The summed E-state index contributed by atoms with van der Waals surface area (Å²) in [5, 5.41) is 3.19. The number of rotatable bonds is 5. The normalized spacial score (nSPS) is 20.7. The first-order valence-electron chi connectivity index (χ1n) is 10.4. The molecule has 0 radical (unpaired) electrons. The van der Waals surface area contributed by atoms with Gasteiger partial charge in [0.1, 0.15) is 0 Å². The number of halogens is 1. The maximum atomic E-state index is 12.5. The third kappa shape index (κ3) is 6.20.